The van der Waals surface area contributed by atoms with E-state index < -0.39 is 0 Å². The molecule has 19 heavy (non-hydrogen) atoms. The Hall–Kier alpha value is -2.12. The van der Waals surface area contributed by atoms with Gasteiger partial charge in [-0.2, -0.15) is 15.0 Å². The second kappa shape index (κ2) is 5.68. The Labute approximate surface area is 111 Å². The number of hydrogen-bond acceptors (Lipinski definition) is 7. The third-order valence-corrected chi connectivity index (χ3v) is 2.89. The molecule has 1 amide bonds. The highest BCUT2D eigenvalue weighted by Gasteiger charge is 2.25. The molecule has 1 atom stereocenters. The summed E-state index contributed by atoms with van der Waals surface area (Å²) in [5.41, 5.74) is 0. The Morgan fingerprint density at radius 1 is 1.42 bits per heavy atom. The fourth-order valence-corrected chi connectivity index (χ4v) is 2.04. The number of aromatic nitrogens is 3. The number of carbonyl (C=O) groups is 1. The highest BCUT2D eigenvalue weighted by molar-refractivity contribution is 5.73. The van der Waals surface area contributed by atoms with Crippen molar-refractivity contribution in [2.24, 2.45) is 0 Å². The molecule has 104 valence electrons. The molecule has 2 rings (SSSR count). The van der Waals surface area contributed by atoms with Crippen LogP contribution in [0.3, 0.4) is 0 Å². The summed E-state index contributed by atoms with van der Waals surface area (Å²) in [4.78, 5) is 25.6. The summed E-state index contributed by atoms with van der Waals surface area (Å²) in [5, 5.41) is 5.77. The number of ether oxygens (including phenoxy) is 1. The standard InChI is InChI=1S/C11H18N6O2/c1-7(18)13-8-4-5-17(6-8)10-14-9(12-2)15-11(16-10)19-3/h8H,4-6H2,1-3H3,(H,13,18)(H,12,14,15,16). The lowest BCUT2D eigenvalue weighted by atomic mass is 10.3. The third-order valence-electron chi connectivity index (χ3n) is 2.89. The molecule has 0 aromatic carbocycles. The Kier molecular flexibility index (Phi) is 3.98. The average Bonchev–Trinajstić information content (AvgIpc) is 2.85. The van der Waals surface area contributed by atoms with Crippen LogP contribution in [0.25, 0.3) is 0 Å². The molecule has 1 aliphatic rings. The van der Waals surface area contributed by atoms with Crippen LogP contribution in [0.1, 0.15) is 13.3 Å². The number of carbonyl (C=O) groups excluding carboxylic acids is 1. The highest BCUT2D eigenvalue weighted by Crippen LogP contribution is 2.19. The van der Waals surface area contributed by atoms with E-state index in [0.717, 1.165) is 13.0 Å². The van der Waals surface area contributed by atoms with Gasteiger partial charge in [0.1, 0.15) is 0 Å². The maximum atomic E-state index is 11.0. The van der Waals surface area contributed by atoms with Crippen molar-refractivity contribution in [1.82, 2.24) is 20.3 Å². The summed E-state index contributed by atoms with van der Waals surface area (Å²) < 4.78 is 5.05. The Bertz CT molecular complexity index is 444. The van der Waals surface area contributed by atoms with Crippen molar-refractivity contribution in [2.45, 2.75) is 19.4 Å². The minimum atomic E-state index is -0.0176. The number of methoxy groups -OCH3 is 1. The number of rotatable bonds is 4. The van der Waals surface area contributed by atoms with Crippen LogP contribution in [0.2, 0.25) is 0 Å². The molecule has 0 spiro atoms. The van der Waals surface area contributed by atoms with Gasteiger partial charge in [-0.15, -0.1) is 0 Å². The topological polar surface area (TPSA) is 92.3 Å². The predicted molar refractivity (Wildman–Crippen MR) is 70.4 cm³/mol. The second-order valence-corrected chi connectivity index (χ2v) is 4.33. The minimum absolute atomic E-state index is 0.0176. The lowest BCUT2D eigenvalue weighted by Gasteiger charge is -2.17. The van der Waals surface area contributed by atoms with Crippen molar-refractivity contribution < 1.29 is 9.53 Å². The van der Waals surface area contributed by atoms with Gasteiger partial charge in [0.2, 0.25) is 17.8 Å². The smallest absolute Gasteiger partial charge is 0.322 e. The molecule has 1 saturated heterocycles. The normalized spacial score (nSPS) is 18.3. The van der Waals surface area contributed by atoms with Gasteiger partial charge in [0.05, 0.1) is 7.11 Å². The molecule has 1 aromatic rings. The molecule has 1 aliphatic heterocycles. The molecule has 8 nitrogen and oxygen atoms in total. The van der Waals surface area contributed by atoms with Crippen molar-refractivity contribution in [3.05, 3.63) is 0 Å². The van der Waals surface area contributed by atoms with Crippen LogP contribution in [0.4, 0.5) is 11.9 Å². The van der Waals surface area contributed by atoms with Crippen molar-refractivity contribution in [3.8, 4) is 6.01 Å². The summed E-state index contributed by atoms with van der Waals surface area (Å²) in [6.07, 6.45) is 0.877. The molecule has 1 fully saturated rings. The number of anilines is 2. The van der Waals surface area contributed by atoms with E-state index in [1.165, 1.54) is 14.0 Å². The highest BCUT2D eigenvalue weighted by atomic mass is 16.5. The van der Waals surface area contributed by atoms with Crippen LogP contribution in [-0.4, -0.2) is 54.1 Å². The first-order valence-corrected chi connectivity index (χ1v) is 6.12. The summed E-state index contributed by atoms with van der Waals surface area (Å²) in [6.45, 7) is 3.00. The summed E-state index contributed by atoms with van der Waals surface area (Å²) >= 11 is 0. The van der Waals surface area contributed by atoms with Gasteiger partial charge in [-0.3, -0.25) is 4.79 Å². The van der Waals surface area contributed by atoms with E-state index in [0.29, 0.717) is 18.4 Å². The van der Waals surface area contributed by atoms with Crippen LogP contribution in [0.5, 0.6) is 6.01 Å². The summed E-state index contributed by atoms with van der Waals surface area (Å²) in [5.74, 6) is 1.00. The third kappa shape index (κ3) is 3.21. The van der Waals surface area contributed by atoms with Gasteiger partial charge in [-0.25, -0.2) is 0 Å². The fraction of sp³-hybridized carbons (Fsp3) is 0.636. The molecule has 1 unspecified atom stereocenters. The van der Waals surface area contributed by atoms with Gasteiger partial charge in [0, 0.05) is 33.1 Å². The quantitative estimate of drug-likeness (QED) is 0.768. The van der Waals surface area contributed by atoms with E-state index in [-0.39, 0.29) is 18.0 Å². The Morgan fingerprint density at radius 3 is 2.84 bits per heavy atom. The molecule has 0 radical (unpaired) electrons. The van der Waals surface area contributed by atoms with Crippen LogP contribution >= 0.6 is 0 Å². The number of amides is 1. The minimum Gasteiger partial charge on any atom is -0.467 e. The van der Waals surface area contributed by atoms with Crippen molar-refractivity contribution in [3.63, 3.8) is 0 Å². The Morgan fingerprint density at radius 2 is 2.21 bits per heavy atom. The van der Waals surface area contributed by atoms with Gasteiger partial charge in [0.15, 0.2) is 0 Å². The van der Waals surface area contributed by atoms with E-state index in [1.807, 2.05) is 4.90 Å². The maximum Gasteiger partial charge on any atom is 0.322 e. The van der Waals surface area contributed by atoms with Crippen LogP contribution in [0, 0.1) is 0 Å². The van der Waals surface area contributed by atoms with E-state index in [9.17, 15) is 4.79 Å². The molecular formula is C11H18N6O2. The molecule has 2 heterocycles. The van der Waals surface area contributed by atoms with Crippen LogP contribution < -0.4 is 20.3 Å². The fourth-order valence-electron chi connectivity index (χ4n) is 2.04. The van der Waals surface area contributed by atoms with E-state index in [4.69, 9.17) is 4.74 Å². The zero-order valence-electron chi connectivity index (χ0n) is 11.3. The monoisotopic (exact) mass is 266 g/mol. The zero-order chi connectivity index (χ0) is 13.8. The predicted octanol–water partition coefficient (Wildman–Crippen LogP) is -0.363. The lowest BCUT2D eigenvalue weighted by molar-refractivity contribution is -0.119. The van der Waals surface area contributed by atoms with Gasteiger partial charge >= 0.3 is 6.01 Å². The van der Waals surface area contributed by atoms with Crippen molar-refractivity contribution in [2.75, 3.05) is 37.5 Å². The number of hydrogen-bond donors (Lipinski definition) is 2. The SMILES string of the molecule is CNc1nc(OC)nc(N2CCC(NC(C)=O)C2)n1. The van der Waals surface area contributed by atoms with Gasteiger partial charge in [-0.1, -0.05) is 0 Å². The van der Waals surface area contributed by atoms with E-state index >= 15 is 0 Å². The van der Waals surface area contributed by atoms with Crippen molar-refractivity contribution >= 4 is 17.8 Å². The second-order valence-electron chi connectivity index (χ2n) is 4.33. The molecule has 0 aliphatic carbocycles. The van der Waals surface area contributed by atoms with E-state index in [1.54, 1.807) is 7.05 Å². The molecule has 8 heteroatoms. The van der Waals surface area contributed by atoms with Crippen LogP contribution in [-0.2, 0) is 4.79 Å². The van der Waals surface area contributed by atoms with Crippen molar-refractivity contribution in [1.29, 1.82) is 0 Å². The zero-order valence-corrected chi connectivity index (χ0v) is 11.3. The molecular weight excluding hydrogens is 248 g/mol. The average molecular weight is 266 g/mol. The first-order valence-electron chi connectivity index (χ1n) is 6.12. The van der Waals surface area contributed by atoms with Gasteiger partial charge < -0.3 is 20.3 Å². The summed E-state index contributed by atoms with van der Waals surface area (Å²) in [7, 11) is 3.26. The first kappa shape index (κ1) is 13.3. The first-order chi connectivity index (χ1) is 9.12. The van der Waals surface area contributed by atoms with Crippen LogP contribution in [0.15, 0.2) is 0 Å². The molecule has 2 N–H and O–H groups in total. The maximum absolute atomic E-state index is 11.0. The summed E-state index contributed by atoms with van der Waals surface area (Å²) in [6, 6.07) is 0.413. The molecule has 1 aromatic heterocycles. The van der Waals surface area contributed by atoms with Gasteiger partial charge in [-0.05, 0) is 6.42 Å². The molecule has 0 bridgehead atoms. The Balaban J connectivity index is 2.12. The largest absolute Gasteiger partial charge is 0.467 e. The van der Waals surface area contributed by atoms with Gasteiger partial charge in [0.25, 0.3) is 0 Å². The van der Waals surface area contributed by atoms with E-state index in [2.05, 4.69) is 25.6 Å². The number of nitrogens with zero attached hydrogens (tertiary/aromatic N) is 4. The number of nitrogens with one attached hydrogen (secondary N) is 2. The lowest BCUT2D eigenvalue weighted by Crippen LogP contribution is -2.36. The molecule has 0 saturated carbocycles.